The molecule has 1 spiro atoms. The molecule has 6 heteroatoms. The summed E-state index contributed by atoms with van der Waals surface area (Å²) in [6.45, 7) is 9.44. The fourth-order valence-corrected chi connectivity index (χ4v) is 6.08. The molecule has 33 heavy (non-hydrogen) atoms. The highest BCUT2D eigenvalue weighted by molar-refractivity contribution is 6.07. The van der Waals surface area contributed by atoms with Crippen LogP contribution in [0, 0.1) is 6.92 Å². The van der Waals surface area contributed by atoms with Gasteiger partial charge in [-0.05, 0) is 75.8 Å². The molecule has 0 bridgehead atoms. The molecule has 3 heterocycles. The molecule has 176 valence electrons. The first-order valence-corrected chi connectivity index (χ1v) is 12.4. The van der Waals surface area contributed by atoms with Crippen LogP contribution in [0.25, 0.3) is 0 Å². The molecule has 0 N–H and O–H groups in total. The van der Waals surface area contributed by atoms with Gasteiger partial charge in [-0.1, -0.05) is 31.2 Å². The van der Waals surface area contributed by atoms with Gasteiger partial charge in [0, 0.05) is 31.6 Å². The smallest absolute Gasteiger partial charge is 0.327 e. The van der Waals surface area contributed by atoms with E-state index in [2.05, 4.69) is 30.0 Å². The van der Waals surface area contributed by atoms with Crippen LogP contribution in [0.4, 0.5) is 4.79 Å². The average molecular weight is 450 g/mol. The Morgan fingerprint density at radius 3 is 2.30 bits per heavy atom. The quantitative estimate of drug-likeness (QED) is 0.615. The first-order valence-electron chi connectivity index (χ1n) is 12.4. The number of piperidine rings is 1. The van der Waals surface area contributed by atoms with Crippen LogP contribution in [0.1, 0.15) is 61.7 Å². The third-order valence-electron chi connectivity index (χ3n) is 8.09. The van der Waals surface area contributed by atoms with Crippen molar-refractivity contribution in [2.24, 2.45) is 0 Å². The van der Waals surface area contributed by atoms with Gasteiger partial charge in [-0.25, -0.2) is 4.79 Å². The molecule has 2 saturated heterocycles. The summed E-state index contributed by atoms with van der Waals surface area (Å²) in [6, 6.07) is 12.3. The Kier molecular flexibility index (Phi) is 5.81. The second kappa shape index (κ2) is 8.64. The van der Waals surface area contributed by atoms with Crippen molar-refractivity contribution in [3.63, 3.8) is 0 Å². The van der Waals surface area contributed by atoms with Gasteiger partial charge in [0.25, 0.3) is 5.91 Å². The standard InChI is InChI=1S/C27H35N3O3/c1-4-29-26(32)30(23-17-21-7-5-6-8-22(21)18-23)25(31)27(29)12-15-28(16-13-27)14-11-19(2)24-10-9-20(3)33-24/h5-10,19,23H,4,11-18H2,1-3H3. The van der Waals surface area contributed by atoms with Crippen molar-refractivity contribution in [1.29, 1.82) is 0 Å². The zero-order valence-corrected chi connectivity index (χ0v) is 20.0. The lowest BCUT2D eigenvalue weighted by Gasteiger charge is -2.42. The van der Waals surface area contributed by atoms with E-state index in [-0.39, 0.29) is 18.0 Å². The molecule has 5 rings (SSSR count). The molecule has 1 atom stereocenters. The van der Waals surface area contributed by atoms with Gasteiger partial charge in [0.2, 0.25) is 0 Å². The van der Waals surface area contributed by atoms with Crippen LogP contribution in [-0.4, -0.2) is 64.4 Å². The normalized spacial score (nSPS) is 21.9. The fourth-order valence-electron chi connectivity index (χ4n) is 6.08. The summed E-state index contributed by atoms with van der Waals surface area (Å²) in [5.41, 5.74) is 1.87. The lowest BCUT2D eigenvalue weighted by atomic mass is 9.85. The molecular weight excluding hydrogens is 414 g/mol. The molecule has 3 amide bonds. The third kappa shape index (κ3) is 3.78. The number of amides is 3. The second-order valence-corrected chi connectivity index (χ2v) is 10.0. The molecule has 2 aliphatic heterocycles. The molecule has 0 saturated carbocycles. The molecule has 1 aromatic carbocycles. The predicted molar refractivity (Wildman–Crippen MR) is 127 cm³/mol. The van der Waals surface area contributed by atoms with Gasteiger partial charge < -0.3 is 14.2 Å². The maximum atomic E-state index is 13.8. The minimum Gasteiger partial charge on any atom is -0.466 e. The summed E-state index contributed by atoms with van der Waals surface area (Å²) in [4.78, 5) is 33.1. The maximum absolute atomic E-state index is 13.8. The lowest BCUT2D eigenvalue weighted by Crippen LogP contribution is -2.56. The zero-order valence-electron chi connectivity index (χ0n) is 20.0. The van der Waals surface area contributed by atoms with Gasteiger partial charge in [-0.2, -0.15) is 0 Å². The van der Waals surface area contributed by atoms with Gasteiger partial charge in [-0.15, -0.1) is 0 Å². The molecule has 2 aromatic rings. The van der Waals surface area contributed by atoms with E-state index < -0.39 is 5.54 Å². The van der Waals surface area contributed by atoms with Gasteiger partial charge in [0.05, 0.1) is 0 Å². The van der Waals surface area contributed by atoms with E-state index >= 15 is 0 Å². The van der Waals surface area contributed by atoms with Crippen molar-refractivity contribution in [1.82, 2.24) is 14.7 Å². The molecule has 6 nitrogen and oxygen atoms in total. The number of fused-ring (bicyclic) bond motifs is 1. The number of furan rings is 1. The van der Waals surface area contributed by atoms with Crippen LogP contribution < -0.4 is 0 Å². The molecule has 1 aromatic heterocycles. The van der Waals surface area contributed by atoms with Gasteiger partial charge in [-0.3, -0.25) is 9.69 Å². The predicted octanol–water partition coefficient (Wildman–Crippen LogP) is 4.37. The molecule has 1 aliphatic carbocycles. The van der Waals surface area contributed by atoms with Crippen LogP contribution in [0.15, 0.2) is 40.8 Å². The molecule has 0 radical (unpaired) electrons. The maximum Gasteiger partial charge on any atom is 0.327 e. The lowest BCUT2D eigenvalue weighted by molar-refractivity contribution is -0.136. The monoisotopic (exact) mass is 449 g/mol. The van der Waals surface area contributed by atoms with Crippen molar-refractivity contribution in [2.45, 2.75) is 70.4 Å². The number of aryl methyl sites for hydroxylation is 1. The van der Waals surface area contributed by atoms with E-state index in [1.807, 2.05) is 36.9 Å². The number of likely N-dealkylation sites (N-methyl/N-ethyl adjacent to an activating group) is 1. The summed E-state index contributed by atoms with van der Waals surface area (Å²) in [5.74, 6) is 2.40. The first kappa shape index (κ1) is 22.2. The highest BCUT2D eigenvalue weighted by atomic mass is 16.3. The Balaban J connectivity index is 1.24. The number of carbonyl (C=O) groups excluding carboxylic acids is 2. The molecule has 2 fully saturated rings. The molecular formula is C27H35N3O3. The van der Waals surface area contributed by atoms with Crippen LogP contribution >= 0.6 is 0 Å². The van der Waals surface area contributed by atoms with Crippen LogP contribution in [0.5, 0.6) is 0 Å². The van der Waals surface area contributed by atoms with E-state index in [9.17, 15) is 9.59 Å². The summed E-state index contributed by atoms with van der Waals surface area (Å²) in [5, 5.41) is 0. The number of hydrogen-bond acceptors (Lipinski definition) is 4. The number of hydrogen-bond donors (Lipinski definition) is 0. The Morgan fingerprint density at radius 1 is 1.06 bits per heavy atom. The fraction of sp³-hybridized carbons (Fsp3) is 0.556. The first-order chi connectivity index (χ1) is 15.9. The number of imide groups is 1. The van der Waals surface area contributed by atoms with Crippen molar-refractivity contribution in [2.75, 3.05) is 26.2 Å². The van der Waals surface area contributed by atoms with Gasteiger partial charge >= 0.3 is 6.03 Å². The highest BCUT2D eigenvalue weighted by Crippen LogP contribution is 2.40. The zero-order chi connectivity index (χ0) is 23.2. The summed E-state index contributed by atoms with van der Waals surface area (Å²) in [6.07, 6.45) is 4.01. The van der Waals surface area contributed by atoms with E-state index in [1.54, 1.807) is 4.90 Å². The topological polar surface area (TPSA) is 57.0 Å². The van der Waals surface area contributed by atoms with Crippen molar-refractivity contribution >= 4 is 11.9 Å². The highest BCUT2D eigenvalue weighted by Gasteiger charge is 2.59. The minimum absolute atomic E-state index is 0.0336. The Morgan fingerprint density at radius 2 is 1.73 bits per heavy atom. The van der Waals surface area contributed by atoms with Crippen LogP contribution in [0.3, 0.4) is 0 Å². The van der Waals surface area contributed by atoms with E-state index in [4.69, 9.17) is 4.42 Å². The third-order valence-corrected chi connectivity index (χ3v) is 8.09. The molecule has 1 unspecified atom stereocenters. The SMILES string of the molecule is CCN1C(=O)N(C2Cc3ccccc3C2)C(=O)C12CCN(CCC(C)c1ccc(C)o1)CC2. The summed E-state index contributed by atoms with van der Waals surface area (Å²) < 4.78 is 5.79. The van der Waals surface area contributed by atoms with E-state index in [0.29, 0.717) is 12.5 Å². The number of carbonyl (C=O) groups is 2. The van der Waals surface area contributed by atoms with Gasteiger partial charge in [0.1, 0.15) is 17.1 Å². The van der Waals surface area contributed by atoms with Crippen LogP contribution in [0.2, 0.25) is 0 Å². The summed E-state index contributed by atoms with van der Waals surface area (Å²) >= 11 is 0. The number of nitrogens with zero attached hydrogens (tertiary/aromatic N) is 3. The number of urea groups is 1. The van der Waals surface area contributed by atoms with Crippen LogP contribution in [-0.2, 0) is 17.6 Å². The average Bonchev–Trinajstić information content (AvgIpc) is 3.49. The largest absolute Gasteiger partial charge is 0.466 e. The number of benzene rings is 1. The Hall–Kier alpha value is -2.60. The number of likely N-dealkylation sites (tertiary alicyclic amines) is 1. The van der Waals surface area contributed by atoms with Crippen molar-refractivity contribution in [3.8, 4) is 0 Å². The number of rotatable bonds is 6. The van der Waals surface area contributed by atoms with Gasteiger partial charge in [0.15, 0.2) is 0 Å². The Labute approximate surface area is 196 Å². The van der Waals surface area contributed by atoms with E-state index in [1.165, 1.54) is 11.1 Å². The Bertz CT molecular complexity index is 1010. The van der Waals surface area contributed by atoms with Crippen molar-refractivity contribution < 1.29 is 14.0 Å². The second-order valence-electron chi connectivity index (χ2n) is 10.0. The molecule has 3 aliphatic rings. The summed E-state index contributed by atoms with van der Waals surface area (Å²) in [7, 11) is 0. The van der Waals surface area contributed by atoms with Crippen molar-refractivity contribution in [3.05, 3.63) is 59.0 Å². The van der Waals surface area contributed by atoms with E-state index in [0.717, 1.165) is 63.3 Å². The minimum atomic E-state index is -0.666.